The minimum Gasteiger partial charge on any atom is -0.365 e. The van der Waals surface area contributed by atoms with E-state index in [-0.39, 0.29) is 29.5 Å². The van der Waals surface area contributed by atoms with E-state index >= 15 is 0 Å². The quantitative estimate of drug-likeness (QED) is 0.356. The lowest BCUT2D eigenvalue weighted by molar-refractivity contribution is -0.137. The van der Waals surface area contributed by atoms with Crippen LogP contribution in [-0.4, -0.2) is 30.5 Å². The van der Waals surface area contributed by atoms with Crippen molar-refractivity contribution in [3.8, 4) is 0 Å². The van der Waals surface area contributed by atoms with E-state index in [4.69, 9.17) is 0 Å². The molecular formula is C21H18F4N6O3S. The van der Waals surface area contributed by atoms with Gasteiger partial charge in [-0.2, -0.15) is 18.2 Å². The standard InChI is InChI=1S/C21H18F4N6O3S/c1-35(33,34)31-13-5-6-15(22)12(7-13)9-26-19-14(21(23,24)25)10-27-20(30-19)28-16-4-2-3-11-8-17(32)29-18(11)16/h2-7,10,31H,8-9H2,1H3,(H,29,32)(H2,26,27,28,30). The summed E-state index contributed by atoms with van der Waals surface area (Å²) in [7, 11) is -3.64. The van der Waals surface area contributed by atoms with E-state index in [0.29, 0.717) is 23.1 Å². The molecule has 14 heteroatoms. The molecule has 0 saturated carbocycles. The third kappa shape index (κ3) is 5.77. The van der Waals surface area contributed by atoms with Crippen LogP contribution in [0.5, 0.6) is 0 Å². The number of hydrogen-bond acceptors (Lipinski definition) is 7. The number of amides is 1. The first-order valence-corrected chi connectivity index (χ1v) is 11.9. The van der Waals surface area contributed by atoms with Crippen molar-refractivity contribution in [2.75, 3.05) is 26.9 Å². The number of aromatic nitrogens is 2. The fraction of sp³-hybridized carbons (Fsp3) is 0.190. The van der Waals surface area contributed by atoms with Crippen molar-refractivity contribution >= 4 is 44.8 Å². The van der Waals surface area contributed by atoms with Crippen LogP contribution in [0.4, 0.5) is 46.4 Å². The number of para-hydroxylation sites is 1. The molecule has 1 aliphatic rings. The van der Waals surface area contributed by atoms with Gasteiger partial charge < -0.3 is 16.0 Å². The first kappa shape index (κ1) is 24.2. The highest BCUT2D eigenvalue weighted by Crippen LogP contribution is 2.36. The summed E-state index contributed by atoms with van der Waals surface area (Å²) in [5, 5.41) is 7.92. The molecule has 1 aromatic heterocycles. The van der Waals surface area contributed by atoms with Crippen LogP contribution in [0.3, 0.4) is 0 Å². The number of benzene rings is 2. The van der Waals surface area contributed by atoms with Gasteiger partial charge in [-0.3, -0.25) is 9.52 Å². The smallest absolute Gasteiger partial charge is 0.365 e. The van der Waals surface area contributed by atoms with Gasteiger partial charge in [-0.15, -0.1) is 0 Å². The largest absolute Gasteiger partial charge is 0.421 e. The summed E-state index contributed by atoms with van der Waals surface area (Å²) >= 11 is 0. The lowest BCUT2D eigenvalue weighted by atomic mass is 10.1. The second-order valence-electron chi connectivity index (χ2n) is 7.68. The molecule has 0 spiro atoms. The Balaban J connectivity index is 1.61. The Bertz CT molecular complexity index is 1410. The van der Waals surface area contributed by atoms with Gasteiger partial charge in [0.25, 0.3) is 0 Å². The molecule has 0 atom stereocenters. The van der Waals surface area contributed by atoms with E-state index < -0.39 is 39.9 Å². The minimum atomic E-state index is -4.80. The van der Waals surface area contributed by atoms with Gasteiger partial charge in [0.1, 0.15) is 17.2 Å². The van der Waals surface area contributed by atoms with E-state index in [1.54, 1.807) is 18.2 Å². The second-order valence-corrected chi connectivity index (χ2v) is 9.43. The van der Waals surface area contributed by atoms with Gasteiger partial charge in [-0.25, -0.2) is 17.8 Å². The average molecular weight is 510 g/mol. The second kappa shape index (κ2) is 9.02. The predicted octanol–water partition coefficient (Wildman–Crippen LogP) is 3.86. The molecule has 184 valence electrons. The molecule has 0 radical (unpaired) electrons. The van der Waals surface area contributed by atoms with Crippen molar-refractivity contribution in [2.24, 2.45) is 0 Å². The van der Waals surface area contributed by atoms with E-state index in [1.165, 1.54) is 6.07 Å². The molecule has 9 nitrogen and oxygen atoms in total. The van der Waals surface area contributed by atoms with Crippen molar-refractivity contribution in [1.29, 1.82) is 0 Å². The zero-order chi connectivity index (χ0) is 25.4. The highest BCUT2D eigenvalue weighted by atomic mass is 32.2. The van der Waals surface area contributed by atoms with Gasteiger partial charge in [-0.05, 0) is 29.8 Å². The number of nitrogens with zero attached hydrogens (tertiary/aromatic N) is 2. The maximum absolute atomic E-state index is 14.2. The van der Waals surface area contributed by atoms with E-state index in [0.717, 1.165) is 18.4 Å². The Labute approximate surface area is 197 Å². The number of alkyl halides is 3. The summed E-state index contributed by atoms with van der Waals surface area (Å²) < 4.78 is 79.9. The molecule has 4 N–H and O–H groups in total. The van der Waals surface area contributed by atoms with Crippen LogP contribution in [0.2, 0.25) is 0 Å². The van der Waals surface area contributed by atoms with Crippen LogP contribution < -0.4 is 20.7 Å². The van der Waals surface area contributed by atoms with Crippen LogP contribution in [0.25, 0.3) is 0 Å². The van der Waals surface area contributed by atoms with E-state index in [9.17, 15) is 30.8 Å². The van der Waals surface area contributed by atoms with Crippen LogP contribution in [0.15, 0.2) is 42.6 Å². The van der Waals surface area contributed by atoms with Gasteiger partial charge in [0.05, 0.1) is 24.1 Å². The summed E-state index contributed by atoms with van der Waals surface area (Å²) in [6.07, 6.45) is -3.14. The third-order valence-electron chi connectivity index (χ3n) is 4.90. The fourth-order valence-corrected chi connectivity index (χ4v) is 3.98. The highest BCUT2D eigenvalue weighted by molar-refractivity contribution is 7.92. The SMILES string of the molecule is CS(=O)(=O)Nc1ccc(F)c(CNc2nc(Nc3cccc4c3NC(=O)C4)ncc2C(F)(F)F)c1. The first-order chi connectivity index (χ1) is 16.4. The van der Waals surface area contributed by atoms with Crippen LogP contribution in [-0.2, 0) is 34.0 Å². The van der Waals surface area contributed by atoms with Gasteiger partial charge >= 0.3 is 6.18 Å². The summed E-state index contributed by atoms with van der Waals surface area (Å²) in [6, 6.07) is 8.35. The monoisotopic (exact) mass is 510 g/mol. The van der Waals surface area contributed by atoms with E-state index in [2.05, 4.69) is 30.6 Å². The van der Waals surface area contributed by atoms with Crippen LogP contribution in [0.1, 0.15) is 16.7 Å². The number of carbonyl (C=O) groups is 1. The van der Waals surface area contributed by atoms with Gasteiger partial charge in [0.2, 0.25) is 21.9 Å². The highest BCUT2D eigenvalue weighted by Gasteiger charge is 2.35. The Kier molecular flexibility index (Phi) is 6.23. The Morgan fingerprint density at radius 1 is 1.17 bits per heavy atom. The predicted molar refractivity (Wildman–Crippen MR) is 121 cm³/mol. The molecule has 2 heterocycles. The molecule has 0 fully saturated rings. The number of anilines is 5. The summed E-state index contributed by atoms with van der Waals surface area (Å²) in [6.45, 7) is -0.429. The lowest BCUT2D eigenvalue weighted by Gasteiger charge is -2.16. The molecule has 35 heavy (non-hydrogen) atoms. The van der Waals surface area contributed by atoms with Gasteiger partial charge in [-0.1, -0.05) is 12.1 Å². The number of hydrogen-bond donors (Lipinski definition) is 4. The molecule has 1 aliphatic heterocycles. The van der Waals surface area contributed by atoms with Gasteiger partial charge in [0, 0.05) is 24.0 Å². The molecule has 0 aliphatic carbocycles. The number of carbonyl (C=O) groups excluding carboxylic acids is 1. The number of halogens is 4. The molecular weight excluding hydrogens is 492 g/mol. The maximum Gasteiger partial charge on any atom is 0.421 e. The average Bonchev–Trinajstić information content (AvgIpc) is 3.14. The van der Waals surface area contributed by atoms with Crippen molar-refractivity contribution in [2.45, 2.75) is 19.1 Å². The first-order valence-electron chi connectivity index (χ1n) is 10.0. The summed E-state index contributed by atoms with van der Waals surface area (Å²) in [5.74, 6) is -1.79. The molecule has 2 aromatic carbocycles. The normalized spacial score (nSPS) is 13.2. The number of fused-ring (bicyclic) bond motifs is 1. The zero-order valence-electron chi connectivity index (χ0n) is 18.0. The number of rotatable bonds is 7. The van der Waals surface area contributed by atoms with Crippen molar-refractivity contribution in [3.63, 3.8) is 0 Å². The van der Waals surface area contributed by atoms with Crippen LogP contribution >= 0.6 is 0 Å². The third-order valence-corrected chi connectivity index (χ3v) is 5.51. The molecule has 4 rings (SSSR count). The fourth-order valence-electron chi connectivity index (χ4n) is 3.43. The van der Waals surface area contributed by atoms with Crippen molar-refractivity contribution in [1.82, 2.24) is 9.97 Å². The minimum absolute atomic E-state index is 0.0479. The van der Waals surface area contributed by atoms with Crippen LogP contribution in [0, 0.1) is 5.82 Å². The lowest BCUT2D eigenvalue weighted by Crippen LogP contribution is -2.15. The topological polar surface area (TPSA) is 125 Å². The maximum atomic E-state index is 14.2. The Hall–Kier alpha value is -3.94. The summed E-state index contributed by atoms with van der Waals surface area (Å²) in [4.78, 5) is 19.3. The Morgan fingerprint density at radius 3 is 2.66 bits per heavy atom. The summed E-state index contributed by atoms with van der Waals surface area (Å²) in [5.41, 5.74) is 0.358. The molecule has 1 amide bonds. The zero-order valence-corrected chi connectivity index (χ0v) is 18.8. The molecule has 0 bridgehead atoms. The molecule has 0 saturated heterocycles. The van der Waals surface area contributed by atoms with Crippen molar-refractivity contribution < 1.29 is 30.8 Å². The van der Waals surface area contributed by atoms with Crippen molar-refractivity contribution in [3.05, 3.63) is 65.1 Å². The van der Waals surface area contributed by atoms with Gasteiger partial charge in [0.15, 0.2) is 0 Å². The number of nitrogens with one attached hydrogen (secondary N) is 4. The molecule has 0 unspecified atom stereocenters. The Morgan fingerprint density at radius 2 is 1.94 bits per heavy atom. The molecule has 3 aromatic rings. The van der Waals surface area contributed by atoms with E-state index in [1.807, 2.05) is 0 Å². The number of sulfonamides is 1.